The van der Waals surface area contributed by atoms with Crippen molar-refractivity contribution in [2.45, 2.75) is 51.6 Å². The van der Waals surface area contributed by atoms with E-state index in [1.54, 1.807) is 6.07 Å². The molecular formula is C18H25N3O2. The monoisotopic (exact) mass is 315 g/mol. The maximum Gasteiger partial charge on any atom is 0.337 e. The van der Waals surface area contributed by atoms with Crippen molar-refractivity contribution in [1.82, 2.24) is 14.3 Å². The van der Waals surface area contributed by atoms with Gasteiger partial charge in [-0.3, -0.25) is 4.90 Å². The van der Waals surface area contributed by atoms with Crippen LogP contribution in [-0.2, 0) is 11.2 Å². The van der Waals surface area contributed by atoms with Crippen molar-refractivity contribution in [3.63, 3.8) is 0 Å². The number of fused-ring (bicyclic) bond motifs is 1. The zero-order chi connectivity index (χ0) is 16.4. The van der Waals surface area contributed by atoms with E-state index in [0.29, 0.717) is 17.6 Å². The Morgan fingerprint density at radius 2 is 2.26 bits per heavy atom. The smallest absolute Gasteiger partial charge is 0.337 e. The maximum absolute atomic E-state index is 11.6. The van der Waals surface area contributed by atoms with Gasteiger partial charge in [0.25, 0.3) is 0 Å². The highest BCUT2D eigenvalue weighted by atomic mass is 16.5. The normalized spacial score (nSPS) is 19.4. The lowest BCUT2D eigenvalue weighted by atomic mass is 9.97. The summed E-state index contributed by atoms with van der Waals surface area (Å²) in [5.41, 5.74) is 1.50. The van der Waals surface area contributed by atoms with Gasteiger partial charge in [-0.15, -0.1) is 0 Å². The van der Waals surface area contributed by atoms with Crippen LogP contribution >= 0.6 is 0 Å². The summed E-state index contributed by atoms with van der Waals surface area (Å²) in [5, 5.41) is 0. The van der Waals surface area contributed by atoms with Crippen molar-refractivity contribution in [1.29, 1.82) is 0 Å². The van der Waals surface area contributed by atoms with Crippen molar-refractivity contribution in [3.05, 3.63) is 35.9 Å². The fraction of sp³-hybridized carbons (Fsp3) is 0.556. The third kappa shape index (κ3) is 3.24. The summed E-state index contributed by atoms with van der Waals surface area (Å²) in [7, 11) is 1.40. The standard InChI is InChI=1S/C18H25N3O2/c1-13(2)20-8-5-4-6-15(20)11-17-19-12-16-10-14(18(22)23-3)7-9-21(16)17/h7,9-10,12-13,15H,4-6,8,11H2,1-3H3. The molecule has 1 atom stereocenters. The summed E-state index contributed by atoms with van der Waals surface area (Å²) >= 11 is 0. The predicted octanol–water partition coefficient (Wildman–Crippen LogP) is 2.93. The average molecular weight is 315 g/mol. The van der Waals surface area contributed by atoms with Crippen LogP contribution in [0.1, 0.15) is 49.3 Å². The van der Waals surface area contributed by atoms with Gasteiger partial charge in [-0.1, -0.05) is 6.42 Å². The van der Waals surface area contributed by atoms with E-state index in [9.17, 15) is 4.79 Å². The molecule has 2 aromatic rings. The summed E-state index contributed by atoms with van der Waals surface area (Å²) in [6.45, 7) is 5.72. The van der Waals surface area contributed by atoms with Crippen LogP contribution < -0.4 is 0 Å². The minimum atomic E-state index is -0.312. The Balaban J connectivity index is 1.84. The van der Waals surface area contributed by atoms with Gasteiger partial charge in [-0.2, -0.15) is 0 Å². The van der Waals surface area contributed by atoms with Crippen molar-refractivity contribution < 1.29 is 9.53 Å². The third-order valence-corrected chi connectivity index (χ3v) is 4.78. The number of likely N-dealkylation sites (tertiary alicyclic amines) is 1. The van der Waals surface area contributed by atoms with Crippen molar-refractivity contribution in [2.24, 2.45) is 0 Å². The Bertz CT molecular complexity index is 693. The largest absolute Gasteiger partial charge is 0.465 e. The predicted molar refractivity (Wildman–Crippen MR) is 89.7 cm³/mol. The van der Waals surface area contributed by atoms with E-state index in [1.165, 1.54) is 32.9 Å². The van der Waals surface area contributed by atoms with Gasteiger partial charge in [-0.25, -0.2) is 9.78 Å². The molecule has 0 N–H and O–H groups in total. The maximum atomic E-state index is 11.6. The number of carbonyl (C=O) groups is 1. The summed E-state index contributed by atoms with van der Waals surface area (Å²) in [5.74, 6) is 0.752. The molecule has 0 spiro atoms. The van der Waals surface area contributed by atoms with Crippen LogP contribution in [-0.4, -0.2) is 46.0 Å². The van der Waals surface area contributed by atoms with E-state index in [4.69, 9.17) is 4.74 Å². The molecule has 1 fully saturated rings. The molecule has 0 amide bonds. The SMILES string of the molecule is COC(=O)c1ccn2c(CC3CCCCN3C(C)C)ncc2c1. The molecule has 0 aromatic carbocycles. The molecule has 5 heteroatoms. The number of methoxy groups -OCH3 is 1. The zero-order valence-corrected chi connectivity index (χ0v) is 14.2. The van der Waals surface area contributed by atoms with Gasteiger partial charge in [0.15, 0.2) is 0 Å². The van der Waals surface area contributed by atoms with Crippen LogP contribution in [0.25, 0.3) is 5.52 Å². The van der Waals surface area contributed by atoms with Crippen LogP contribution in [0.2, 0.25) is 0 Å². The van der Waals surface area contributed by atoms with Crippen molar-refractivity contribution in [3.8, 4) is 0 Å². The Morgan fingerprint density at radius 3 is 3.00 bits per heavy atom. The minimum Gasteiger partial charge on any atom is -0.465 e. The number of aromatic nitrogens is 2. The molecule has 0 bridgehead atoms. The molecule has 23 heavy (non-hydrogen) atoms. The molecule has 3 heterocycles. The second-order valence-electron chi connectivity index (χ2n) is 6.56. The Kier molecular flexibility index (Phi) is 4.66. The molecule has 5 nitrogen and oxygen atoms in total. The van der Waals surface area contributed by atoms with Crippen LogP contribution in [0.4, 0.5) is 0 Å². The molecule has 124 valence electrons. The molecule has 0 aliphatic carbocycles. The number of hydrogen-bond donors (Lipinski definition) is 0. The number of piperidine rings is 1. The Labute approximate surface area is 137 Å². The van der Waals surface area contributed by atoms with Crippen LogP contribution in [0.15, 0.2) is 24.5 Å². The Hall–Kier alpha value is -1.88. The highest BCUT2D eigenvalue weighted by Gasteiger charge is 2.25. The second-order valence-corrected chi connectivity index (χ2v) is 6.56. The molecule has 1 unspecified atom stereocenters. The molecule has 0 saturated carbocycles. The molecule has 1 aliphatic rings. The van der Waals surface area contributed by atoms with Crippen molar-refractivity contribution >= 4 is 11.5 Å². The molecule has 1 saturated heterocycles. The number of pyridine rings is 1. The fourth-order valence-corrected chi connectivity index (χ4v) is 3.58. The summed E-state index contributed by atoms with van der Waals surface area (Å²) in [4.78, 5) is 18.8. The first-order valence-electron chi connectivity index (χ1n) is 8.40. The summed E-state index contributed by atoms with van der Waals surface area (Å²) < 4.78 is 6.86. The quantitative estimate of drug-likeness (QED) is 0.814. The van der Waals surface area contributed by atoms with Crippen molar-refractivity contribution in [2.75, 3.05) is 13.7 Å². The number of ether oxygens (including phenoxy) is 1. The second kappa shape index (κ2) is 6.71. The first-order valence-corrected chi connectivity index (χ1v) is 8.40. The van der Waals surface area contributed by atoms with E-state index >= 15 is 0 Å². The highest BCUT2D eigenvalue weighted by molar-refractivity contribution is 5.90. The molecule has 2 aromatic heterocycles. The zero-order valence-electron chi connectivity index (χ0n) is 14.2. The highest BCUT2D eigenvalue weighted by Crippen LogP contribution is 2.23. The molecule has 3 rings (SSSR count). The number of nitrogens with zero attached hydrogens (tertiary/aromatic N) is 3. The van der Waals surface area contributed by atoms with Gasteiger partial charge in [0, 0.05) is 24.7 Å². The lowest BCUT2D eigenvalue weighted by molar-refractivity contribution is 0.0600. The number of carbonyl (C=O) groups excluding carboxylic acids is 1. The number of rotatable bonds is 4. The average Bonchev–Trinajstić information content (AvgIpc) is 2.96. The summed E-state index contributed by atoms with van der Waals surface area (Å²) in [6, 6.07) is 4.75. The first-order chi connectivity index (χ1) is 11.1. The Morgan fingerprint density at radius 1 is 1.43 bits per heavy atom. The lowest BCUT2D eigenvalue weighted by Gasteiger charge is -2.38. The first kappa shape index (κ1) is 16.0. The van der Waals surface area contributed by atoms with E-state index in [1.807, 2.05) is 18.5 Å². The van der Waals surface area contributed by atoms with Crippen LogP contribution in [0.5, 0.6) is 0 Å². The van der Waals surface area contributed by atoms with E-state index < -0.39 is 0 Å². The van der Waals surface area contributed by atoms with Gasteiger partial charge in [0.2, 0.25) is 0 Å². The van der Waals surface area contributed by atoms with E-state index in [-0.39, 0.29) is 5.97 Å². The minimum absolute atomic E-state index is 0.312. The fourth-order valence-electron chi connectivity index (χ4n) is 3.58. The van der Waals surface area contributed by atoms with E-state index in [2.05, 4.69) is 28.1 Å². The van der Waals surface area contributed by atoms with Gasteiger partial charge >= 0.3 is 5.97 Å². The topological polar surface area (TPSA) is 46.8 Å². The number of hydrogen-bond acceptors (Lipinski definition) is 4. The van der Waals surface area contributed by atoms with Gasteiger partial charge in [-0.05, 0) is 45.4 Å². The third-order valence-electron chi connectivity index (χ3n) is 4.78. The van der Waals surface area contributed by atoms with Gasteiger partial charge in [0.05, 0.1) is 24.4 Å². The molecule has 1 aliphatic heterocycles. The van der Waals surface area contributed by atoms with Crippen LogP contribution in [0.3, 0.4) is 0 Å². The lowest BCUT2D eigenvalue weighted by Crippen LogP contribution is -2.45. The number of imidazole rings is 1. The number of esters is 1. The van der Waals surface area contributed by atoms with Gasteiger partial charge in [0.1, 0.15) is 5.82 Å². The van der Waals surface area contributed by atoms with Crippen LogP contribution in [0, 0.1) is 0 Å². The molecule has 0 radical (unpaired) electrons. The van der Waals surface area contributed by atoms with Gasteiger partial charge < -0.3 is 9.14 Å². The summed E-state index contributed by atoms with van der Waals surface area (Å²) in [6.07, 6.45) is 8.53. The molecular weight excluding hydrogens is 290 g/mol. The van der Waals surface area contributed by atoms with E-state index in [0.717, 1.165) is 17.8 Å².